The van der Waals surface area contributed by atoms with E-state index in [9.17, 15) is 9.59 Å². The lowest BCUT2D eigenvalue weighted by molar-refractivity contribution is -0.122. The fourth-order valence-corrected chi connectivity index (χ4v) is 0.994. The molecule has 4 heteroatoms. The van der Waals surface area contributed by atoms with Gasteiger partial charge in [-0.3, -0.25) is 14.5 Å². The highest BCUT2D eigenvalue weighted by atomic mass is 16.2. The van der Waals surface area contributed by atoms with Crippen molar-refractivity contribution in [2.24, 2.45) is 5.73 Å². The maximum Gasteiger partial charge on any atom is 0.320 e. The Morgan fingerprint density at radius 1 is 1.40 bits per heavy atom. The zero-order valence-electron chi connectivity index (χ0n) is 8.09. The second-order valence-electron chi connectivity index (χ2n) is 2.78. The zero-order valence-corrected chi connectivity index (χ0v) is 8.09. The molecule has 0 atom stereocenters. The number of nitrogens with two attached hydrogens (primary N) is 1. The molecule has 0 spiro atoms. The smallest absolute Gasteiger partial charge is 0.313 e. The van der Waals surface area contributed by atoms with E-state index in [0.717, 1.165) is 10.5 Å². The van der Waals surface area contributed by atoms with Gasteiger partial charge in [0.15, 0.2) is 0 Å². The molecule has 0 aliphatic carbocycles. The maximum atomic E-state index is 11.3. The van der Waals surface area contributed by atoms with Gasteiger partial charge in [-0.15, -0.1) is 0 Å². The minimum atomic E-state index is -0.476. The van der Waals surface area contributed by atoms with Crippen molar-refractivity contribution in [1.29, 1.82) is 0 Å². The van der Waals surface area contributed by atoms with Gasteiger partial charge in [0.2, 0.25) is 0 Å². The number of benzene rings is 1. The standard InChI is InChI=1S/C11H11N2O2/c12-8-13(9-14)11(15)7-6-10-4-2-1-3-5-10/h1-7H,8,12H2/b7-6+. The van der Waals surface area contributed by atoms with Crippen LogP contribution in [0.2, 0.25) is 0 Å². The molecule has 0 aliphatic heterocycles. The maximum absolute atomic E-state index is 11.3. The molecule has 0 bridgehead atoms. The average molecular weight is 203 g/mol. The molecule has 2 N–H and O–H groups in total. The molecule has 77 valence electrons. The van der Waals surface area contributed by atoms with E-state index in [1.54, 1.807) is 6.08 Å². The summed E-state index contributed by atoms with van der Waals surface area (Å²) in [5.41, 5.74) is 6.04. The Balaban J connectivity index is 2.66. The number of imide groups is 1. The van der Waals surface area contributed by atoms with Gasteiger partial charge < -0.3 is 5.73 Å². The molecule has 1 rings (SSSR count). The van der Waals surface area contributed by atoms with Gasteiger partial charge in [0.25, 0.3) is 5.91 Å². The van der Waals surface area contributed by atoms with Crippen LogP contribution in [-0.2, 0) is 9.59 Å². The van der Waals surface area contributed by atoms with Crippen LogP contribution in [0.1, 0.15) is 5.56 Å². The van der Waals surface area contributed by atoms with Crippen molar-refractivity contribution in [3.8, 4) is 0 Å². The predicted octanol–water partition coefficient (Wildman–Crippen LogP) is 0.512. The number of hydrogen-bond acceptors (Lipinski definition) is 3. The SMILES string of the molecule is NCN([C]=O)C(=O)/C=C/c1ccccc1. The van der Waals surface area contributed by atoms with Crippen LogP contribution in [0.3, 0.4) is 0 Å². The third kappa shape index (κ3) is 3.36. The van der Waals surface area contributed by atoms with E-state index in [0.29, 0.717) is 0 Å². The zero-order chi connectivity index (χ0) is 11.1. The minimum Gasteiger partial charge on any atom is -0.313 e. The van der Waals surface area contributed by atoms with E-state index in [-0.39, 0.29) is 6.67 Å². The number of hydrogen-bond donors (Lipinski definition) is 1. The first-order valence-corrected chi connectivity index (χ1v) is 4.40. The molecule has 0 heterocycles. The molecule has 1 aromatic rings. The Labute approximate surface area is 88.0 Å². The van der Waals surface area contributed by atoms with E-state index in [1.165, 1.54) is 12.5 Å². The van der Waals surface area contributed by atoms with Crippen LogP contribution in [0.4, 0.5) is 0 Å². The van der Waals surface area contributed by atoms with Crippen molar-refractivity contribution in [3.63, 3.8) is 0 Å². The molecule has 2 amide bonds. The van der Waals surface area contributed by atoms with E-state index in [4.69, 9.17) is 5.73 Å². The summed E-state index contributed by atoms with van der Waals surface area (Å²) in [5, 5.41) is 0. The van der Waals surface area contributed by atoms with Crippen LogP contribution in [0, 0.1) is 0 Å². The lowest BCUT2D eigenvalue weighted by Gasteiger charge is -2.06. The fraction of sp³-hybridized carbons (Fsp3) is 0.0909. The van der Waals surface area contributed by atoms with Gasteiger partial charge in [0.1, 0.15) is 0 Å². The first-order valence-electron chi connectivity index (χ1n) is 4.40. The molecule has 0 saturated carbocycles. The summed E-state index contributed by atoms with van der Waals surface area (Å²) in [5.74, 6) is -0.476. The highest BCUT2D eigenvalue weighted by Crippen LogP contribution is 2.01. The molecule has 0 aromatic heterocycles. The normalized spacial score (nSPS) is 10.2. The molecule has 0 unspecified atom stereocenters. The molecular weight excluding hydrogens is 192 g/mol. The lowest BCUT2D eigenvalue weighted by Crippen LogP contribution is -2.33. The number of rotatable bonds is 4. The van der Waals surface area contributed by atoms with Gasteiger partial charge in [-0.05, 0) is 11.6 Å². The number of carbonyl (C=O) groups is 1. The predicted molar refractivity (Wildman–Crippen MR) is 57.1 cm³/mol. The molecule has 15 heavy (non-hydrogen) atoms. The summed E-state index contributed by atoms with van der Waals surface area (Å²) < 4.78 is 0. The molecular formula is C11H11N2O2. The van der Waals surface area contributed by atoms with Crippen molar-refractivity contribution in [2.45, 2.75) is 0 Å². The summed E-state index contributed by atoms with van der Waals surface area (Å²) >= 11 is 0. The monoisotopic (exact) mass is 203 g/mol. The van der Waals surface area contributed by atoms with Crippen molar-refractivity contribution in [3.05, 3.63) is 42.0 Å². The summed E-state index contributed by atoms with van der Waals surface area (Å²) in [6.45, 7) is -0.165. The molecule has 1 radical (unpaired) electrons. The third-order valence-corrected chi connectivity index (χ3v) is 1.78. The van der Waals surface area contributed by atoms with Crippen molar-refractivity contribution in [1.82, 2.24) is 4.90 Å². The Morgan fingerprint density at radius 3 is 2.60 bits per heavy atom. The first kappa shape index (κ1) is 11.1. The van der Waals surface area contributed by atoms with Crippen LogP contribution in [0.15, 0.2) is 36.4 Å². The Morgan fingerprint density at radius 2 is 2.07 bits per heavy atom. The Bertz CT molecular complexity index is 360. The molecule has 4 nitrogen and oxygen atoms in total. The van der Waals surface area contributed by atoms with Gasteiger partial charge in [-0.2, -0.15) is 0 Å². The third-order valence-electron chi connectivity index (χ3n) is 1.78. The van der Waals surface area contributed by atoms with Crippen LogP contribution < -0.4 is 5.73 Å². The second-order valence-corrected chi connectivity index (χ2v) is 2.78. The number of nitrogens with zero attached hydrogens (tertiary/aromatic N) is 1. The first-order chi connectivity index (χ1) is 7.27. The van der Waals surface area contributed by atoms with Crippen LogP contribution in [-0.4, -0.2) is 23.9 Å². The van der Waals surface area contributed by atoms with E-state index in [2.05, 4.69) is 0 Å². The lowest BCUT2D eigenvalue weighted by atomic mass is 10.2. The van der Waals surface area contributed by atoms with Crippen molar-refractivity contribution in [2.75, 3.05) is 6.67 Å². The molecule has 0 fully saturated rings. The molecule has 0 aliphatic rings. The van der Waals surface area contributed by atoms with Crippen molar-refractivity contribution < 1.29 is 9.59 Å². The van der Waals surface area contributed by atoms with E-state index in [1.807, 2.05) is 30.3 Å². The summed E-state index contributed by atoms with van der Waals surface area (Å²) in [4.78, 5) is 22.3. The highest BCUT2D eigenvalue weighted by molar-refractivity contribution is 5.97. The highest BCUT2D eigenvalue weighted by Gasteiger charge is 2.06. The molecule has 0 saturated heterocycles. The number of carbonyl (C=O) groups excluding carboxylic acids is 2. The van der Waals surface area contributed by atoms with E-state index < -0.39 is 5.91 Å². The summed E-state index contributed by atoms with van der Waals surface area (Å²) in [6.07, 6.45) is 4.34. The van der Waals surface area contributed by atoms with Gasteiger partial charge in [0, 0.05) is 6.08 Å². The van der Waals surface area contributed by atoms with Crippen LogP contribution >= 0.6 is 0 Å². The molecule has 1 aromatic carbocycles. The van der Waals surface area contributed by atoms with Gasteiger partial charge in [-0.25, -0.2) is 0 Å². The minimum absolute atomic E-state index is 0.165. The largest absolute Gasteiger partial charge is 0.320 e. The van der Waals surface area contributed by atoms with Gasteiger partial charge in [0.05, 0.1) is 6.67 Å². The van der Waals surface area contributed by atoms with Gasteiger partial charge >= 0.3 is 6.41 Å². The van der Waals surface area contributed by atoms with Crippen LogP contribution in [0.5, 0.6) is 0 Å². The van der Waals surface area contributed by atoms with E-state index >= 15 is 0 Å². The van der Waals surface area contributed by atoms with Crippen molar-refractivity contribution >= 4 is 18.4 Å². The quantitative estimate of drug-likeness (QED) is 0.440. The van der Waals surface area contributed by atoms with Crippen LogP contribution in [0.25, 0.3) is 6.08 Å². The number of amides is 2. The topological polar surface area (TPSA) is 63.4 Å². The average Bonchev–Trinajstić information content (AvgIpc) is 2.29. The second kappa shape index (κ2) is 5.72. The summed E-state index contributed by atoms with van der Waals surface area (Å²) in [7, 11) is 0. The Kier molecular flexibility index (Phi) is 4.25. The summed E-state index contributed by atoms with van der Waals surface area (Å²) in [6, 6.07) is 9.29. The van der Waals surface area contributed by atoms with Gasteiger partial charge in [-0.1, -0.05) is 30.3 Å². The Hall–Kier alpha value is -1.94. The fourth-order valence-electron chi connectivity index (χ4n) is 0.994.